The molecule has 6 rings (SSSR count). The number of nitrogens with zero attached hydrogens (tertiary/aromatic N) is 6. The number of rotatable bonds is 6. The lowest BCUT2D eigenvalue weighted by Gasteiger charge is -2.14. The average Bonchev–Trinajstić information content (AvgIpc) is 3.67. The van der Waals surface area contributed by atoms with Gasteiger partial charge in [-0.05, 0) is 73.3 Å². The van der Waals surface area contributed by atoms with Crippen LogP contribution in [-0.4, -0.2) is 38.2 Å². The van der Waals surface area contributed by atoms with E-state index in [1.54, 1.807) is 12.0 Å². The van der Waals surface area contributed by atoms with E-state index in [9.17, 15) is 4.79 Å². The Bertz CT molecular complexity index is 1690. The minimum atomic E-state index is -0.167. The molecule has 2 aromatic heterocycles. The first-order valence-corrected chi connectivity index (χ1v) is 13.7. The van der Waals surface area contributed by atoms with Crippen LogP contribution in [0.15, 0.2) is 101 Å². The summed E-state index contributed by atoms with van der Waals surface area (Å²) >= 11 is 2.68. The summed E-state index contributed by atoms with van der Waals surface area (Å²) in [6.07, 6.45) is 3.81. The number of carbonyl (C=O) groups is 1. The average molecular weight is 551 g/mol. The first kappa shape index (κ1) is 24.8. The van der Waals surface area contributed by atoms with Crippen LogP contribution in [0.1, 0.15) is 10.6 Å². The summed E-state index contributed by atoms with van der Waals surface area (Å²) in [5.74, 6) is 0.591. The number of hydrogen-bond donors (Lipinski definition) is 0. The van der Waals surface area contributed by atoms with Crippen molar-refractivity contribution >= 4 is 51.1 Å². The number of amidine groups is 1. The van der Waals surface area contributed by atoms with E-state index >= 15 is 0 Å². The van der Waals surface area contributed by atoms with Crippen molar-refractivity contribution in [2.24, 2.45) is 4.99 Å². The number of benzene rings is 3. The monoisotopic (exact) mass is 550 g/mol. The second-order valence-corrected chi connectivity index (χ2v) is 10.7. The standard InChI is InChI=1S/C29H22N6O2S2/c1-19-31-32-28(38-19)30-29-35(23-11-7-4-8-12-23)27(36)25(39-29)17-21-18-34(22-9-5-3-6-10-22)33-26(21)20-13-15-24(37-2)16-14-20/h3-18H,1-2H3/b25-17-,30-29+. The number of ether oxygens (including phenoxy) is 1. The van der Waals surface area contributed by atoms with Crippen molar-refractivity contribution in [3.63, 3.8) is 0 Å². The topological polar surface area (TPSA) is 85.5 Å². The molecule has 0 radical (unpaired) electrons. The second kappa shape index (κ2) is 10.7. The largest absolute Gasteiger partial charge is 0.497 e. The quantitative estimate of drug-likeness (QED) is 0.224. The Morgan fingerprint density at radius 1 is 0.897 bits per heavy atom. The summed E-state index contributed by atoms with van der Waals surface area (Å²) < 4.78 is 7.16. The van der Waals surface area contributed by atoms with Crippen LogP contribution in [0, 0.1) is 6.92 Å². The molecule has 192 valence electrons. The minimum absolute atomic E-state index is 0.167. The predicted octanol–water partition coefficient (Wildman–Crippen LogP) is 6.52. The van der Waals surface area contributed by atoms with Gasteiger partial charge >= 0.3 is 0 Å². The summed E-state index contributed by atoms with van der Waals surface area (Å²) in [6.45, 7) is 1.87. The van der Waals surface area contributed by atoms with Crippen LogP contribution in [0.25, 0.3) is 23.0 Å². The maximum atomic E-state index is 13.8. The number of anilines is 1. The van der Waals surface area contributed by atoms with Crippen molar-refractivity contribution in [3.05, 3.63) is 107 Å². The van der Waals surface area contributed by atoms with Crippen molar-refractivity contribution in [2.45, 2.75) is 6.92 Å². The number of aromatic nitrogens is 4. The number of aliphatic imine (C=N–C) groups is 1. The first-order chi connectivity index (χ1) is 19.1. The van der Waals surface area contributed by atoms with Crippen molar-refractivity contribution in [2.75, 3.05) is 12.0 Å². The van der Waals surface area contributed by atoms with Crippen molar-refractivity contribution in [1.82, 2.24) is 20.0 Å². The molecule has 0 aliphatic carbocycles. The molecule has 0 spiro atoms. The number of hydrogen-bond acceptors (Lipinski definition) is 8. The number of methoxy groups -OCH3 is 1. The van der Waals surface area contributed by atoms with Gasteiger partial charge in [0.15, 0.2) is 5.17 Å². The molecule has 8 nitrogen and oxygen atoms in total. The molecule has 10 heteroatoms. The maximum absolute atomic E-state index is 13.8. The van der Waals surface area contributed by atoms with Crippen molar-refractivity contribution in [1.29, 1.82) is 0 Å². The van der Waals surface area contributed by atoms with Gasteiger partial charge in [0, 0.05) is 17.3 Å². The Morgan fingerprint density at radius 3 is 2.23 bits per heavy atom. The van der Waals surface area contributed by atoms with Crippen LogP contribution >= 0.6 is 23.1 Å². The Kier molecular flexibility index (Phi) is 6.78. The molecule has 1 fully saturated rings. The van der Waals surface area contributed by atoms with Gasteiger partial charge < -0.3 is 4.74 Å². The lowest BCUT2D eigenvalue weighted by molar-refractivity contribution is -0.113. The van der Waals surface area contributed by atoms with Crippen molar-refractivity contribution in [3.8, 4) is 22.7 Å². The summed E-state index contributed by atoms with van der Waals surface area (Å²) in [5, 5.41) is 14.9. The van der Waals surface area contributed by atoms with E-state index in [0.29, 0.717) is 15.2 Å². The Morgan fingerprint density at radius 2 is 1.59 bits per heavy atom. The second-order valence-electron chi connectivity index (χ2n) is 8.53. The SMILES string of the molecule is COc1ccc(-c2nn(-c3ccccc3)cc2/C=C2\S/C(=N/c3nnc(C)s3)N(c3ccccc3)C2=O)cc1. The van der Waals surface area contributed by atoms with E-state index < -0.39 is 0 Å². The molecule has 3 aromatic carbocycles. The highest BCUT2D eigenvalue weighted by Gasteiger charge is 2.35. The Labute approximate surface area is 233 Å². The van der Waals surface area contributed by atoms with Gasteiger partial charge in [0.1, 0.15) is 10.8 Å². The molecule has 5 aromatic rings. The summed E-state index contributed by atoms with van der Waals surface area (Å²) in [5.41, 5.74) is 4.11. The summed E-state index contributed by atoms with van der Waals surface area (Å²) in [4.78, 5) is 20.6. The molecule has 0 saturated carbocycles. The van der Waals surface area contributed by atoms with Gasteiger partial charge in [0.05, 0.1) is 29.1 Å². The molecule has 1 aliphatic rings. The third-order valence-corrected chi connectivity index (χ3v) is 7.64. The van der Waals surface area contributed by atoms with E-state index in [1.165, 1.54) is 23.1 Å². The van der Waals surface area contributed by atoms with Crippen LogP contribution in [0.2, 0.25) is 0 Å². The molecule has 0 bridgehead atoms. The van der Waals surface area contributed by atoms with Gasteiger partial charge in [-0.3, -0.25) is 9.69 Å². The van der Waals surface area contributed by atoms with E-state index in [2.05, 4.69) is 15.2 Å². The number of amides is 1. The lowest BCUT2D eigenvalue weighted by Crippen LogP contribution is -2.28. The molecule has 0 N–H and O–H groups in total. The normalized spacial score (nSPS) is 15.4. The van der Waals surface area contributed by atoms with Crippen LogP contribution in [0.5, 0.6) is 5.75 Å². The molecule has 1 aliphatic heterocycles. The molecule has 3 heterocycles. The van der Waals surface area contributed by atoms with Gasteiger partial charge in [-0.15, -0.1) is 10.2 Å². The van der Waals surface area contributed by atoms with Gasteiger partial charge in [-0.1, -0.05) is 47.7 Å². The highest BCUT2D eigenvalue weighted by Crippen LogP contribution is 2.39. The van der Waals surface area contributed by atoms with Crippen LogP contribution in [-0.2, 0) is 4.79 Å². The smallest absolute Gasteiger partial charge is 0.271 e. The minimum Gasteiger partial charge on any atom is -0.497 e. The van der Waals surface area contributed by atoms with Crippen LogP contribution in [0.3, 0.4) is 0 Å². The molecule has 1 amide bonds. The van der Waals surface area contributed by atoms with Crippen LogP contribution in [0.4, 0.5) is 10.8 Å². The highest BCUT2D eigenvalue weighted by atomic mass is 32.2. The third kappa shape index (κ3) is 5.12. The zero-order chi connectivity index (χ0) is 26.8. The van der Waals surface area contributed by atoms with E-state index in [4.69, 9.17) is 9.84 Å². The van der Waals surface area contributed by atoms with Gasteiger partial charge in [0.2, 0.25) is 5.13 Å². The number of aryl methyl sites for hydroxylation is 1. The van der Waals surface area contributed by atoms with Crippen molar-refractivity contribution < 1.29 is 9.53 Å². The zero-order valence-electron chi connectivity index (χ0n) is 21.1. The summed E-state index contributed by atoms with van der Waals surface area (Å²) in [6, 6.07) is 27.1. The van der Waals surface area contributed by atoms with Gasteiger partial charge in [-0.2, -0.15) is 10.1 Å². The number of para-hydroxylation sites is 2. The number of carbonyl (C=O) groups excluding carboxylic acids is 1. The molecule has 0 unspecified atom stereocenters. The molecule has 0 atom stereocenters. The van der Waals surface area contributed by atoms with Crippen LogP contribution < -0.4 is 9.64 Å². The lowest BCUT2D eigenvalue weighted by atomic mass is 10.1. The molecule has 1 saturated heterocycles. The molecular formula is C29H22N6O2S2. The Hall–Kier alpha value is -4.54. The Balaban J connectivity index is 1.46. The van der Waals surface area contributed by atoms with Gasteiger partial charge in [-0.25, -0.2) is 4.68 Å². The fraction of sp³-hybridized carbons (Fsp3) is 0.0690. The fourth-order valence-corrected chi connectivity index (χ4v) is 5.68. The number of thioether (sulfide) groups is 1. The maximum Gasteiger partial charge on any atom is 0.271 e. The highest BCUT2D eigenvalue weighted by molar-refractivity contribution is 8.19. The predicted molar refractivity (Wildman–Crippen MR) is 157 cm³/mol. The molecular weight excluding hydrogens is 528 g/mol. The first-order valence-electron chi connectivity index (χ1n) is 12.1. The molecule has 39 heavy (non-hydrogen) atoms. The van der Waals surface area contributed by atoms with Gasteiger partial charge in [0.25, 0.3) is 5.91 Å². The van der Waals surface area contributed by atoms with E-state index in [1.807, 2.05) is 109 Å². The summed E-state index contributed by atoms with van der Waals surface area (Å²) in [7, 11) is 1.64. The third-order valence-electron chi connectivity index (χ3n) is 5.94. The van der Waals surface area contributed by atoms with E-state index in [0.717, 1.165) is 39.0 Å². The fourth-order valence-electron chi connectivity index (χ4n) is 4.09. The van der Waals surface area contributed by atoms with E-state index in [-0.39, 0.29) is 5.91 Å². The zero-order valence-corrected chi connectivity index (χ0v) is 22.7.